The molecule has 3 heterocycles. The lowest BCUT2D eigenvalue weighted by atomic mass is 10.3. The molecule has 0 amide bonds. The molecule has 25 heavy (non-hydrogen) atoms. The summed E-state index contributed by atoms with van der Waals surface area (Å²) in [5, 5.41) is 10.9. The molecule has 1 aromatic carbocycles. The van der Waals surface area contributed by atoms with Crippen molar-refractivity contribution in [3.63, 3.8) is 0 Å². The lowest BCUT2D eigenvalue weighted by Crippen LogP contribution is -2.01. The maximum absolute atomic E-state index is 13.4. The molecule has 9 heteroatoms. The van der Waals surface area contributed by atoms with Gasteiger partial charge in [-0.15, -0.1) is 0 Å². The van der Waals surface area contributed by atoms with E-state index in [0.717, 1.165) is 6.20 Å². The summed E-state index contributed by atoms with van der Waals surface area (Å²) in [5.41, 5.74) is 1.78. The zero-order chi connectivity index (χ0) is 17.4. The van der Waals surface area contributed by atoms with E-state index in [4.69, 9.17) is 5.14 Å². The van der Waals surface area contributed by atoms with Gasteiger partial charge >= 0.3 is 0 Å². The summed E-state index contributed by atoms with van der Waals surface area (Å²) in [4.78, 5) is 7.58. The number of aromatic nitrogens is 4. The van der Waals surface area contributed by atoms with Crippen molar-refractivity contribution in [3.05, 3.63) is 66.8 Å². The molecule has 0 spiro atoms. The second-order valence-corrected chi connectivity index (χ2v) is 6.51. The normalized spacial score (nSPS) is 12.8. The van der Waals surface area contributed by atoms with Crippen LogP contribution in [0.5, 0.6) is 0 Å². The standard InChI is InChI=1S/C16H12F2N6S/c17-10-1-3-12(4-2-10)24-9-13(7-22-24)25(19)23-15-8-21-16-14(15)5-11(18)6-20-16/h1-9H,(H2,19,23)(H,20,21). The Labute approximate surface area is 143 Å². The van der Waals surface area contributed by atoms with E-state index in [2.05, 4.69) is 19.4 Å². The zero-order valence-electron chi connectivity index (χ0n) is 12.7. The molecular formula is C16H12F2N6S. The van der Waals surface area contributed by atoms with Gasteiger partial charge in [0.1, 0.15) is 17.3 Å². The van der Waals surface area contributed by atoms with Crippen molar-refractivity contribution in [2.75, 3.05) is 0 Å². The fraction of sp³-hybridized carbons (Fsp3) is 0. The second kappa shape index (κ2) is 6.19. The highest BCUT2D eigenvalue weighted by atomic mass is 32.2. The first-order valence-corrected chi connectivity index (χ1v) is 8.48. The Morgan fingerprint density at radius 3 is 2.72 bits per heavy atom. The molecule has 1 atom stereocenters. The number of H-pyrrole nitrogens is 1. The third-order valence-electron chi connectivity index (χ3n) is 3.56. The number of fused-ring (bicyclic) bond motifs is 1. The highest BCUT2D eigenvalue weighted by Crippen LogP contribution is 2.26. The summed E-state index contributed by atoms with van der Waals surface area (Å²) in [6.07, 6.45) is 6.10. The molecule has 126 valence electrons. The minimum Gasteiger partial charge on any atom is -0.344 e. The van der Waals surface area contributed by atoms with Crippen LogP contribution in [0.3, 0.4) is 0 Å². The highest BCUT2D eigenvalue weighted by Gasteiger charge is 2.08. The Kier molecular flexibility index (Phi) is 3.86. The van der Waals surface area contributed by atoms with Crippen molar-refractivity contribution in [1.29, 1.82) is 0 Å². The number of pyridine rings is 1. The summed E-state index contributed by atoms with van der Waals surface area (Å²) in [7, 11) is -0.985. The van der Waals surface area contributed by atoms with E-state index in [0.29, 0.717) is 27.3 Å². The molecule has 6 nitrogen and oxygen atoms in total. The Morgan fingerprint density at radius 2 is 1.92 bits per heavy atom. The van der Waals surface area contributed by atoms with Crippen LogP contribution in [0.25, 0.3) is 16.7 Å². The van der Waals surface area contributed by atoms with E-state index in [1.807, 2.05) is 0 Å². The van der Waals surface area contributed by atoms with Gasteiger partial charge in [0.15, 0.2) is 0 Å². The number of nitrogens with zero attached hydrogens (tertiary/aromatic N) is 4. The molecule has 3 N–H and O–H groups in total. The predicted octanol–water partition coefficient (Wildman–Crippen LogP) is 3.39. The number of rotatable bonds is 3. The maximum Gasteiger partial charge on any atom is 0.142 e. The Morgan fingerprint density at radius 1 is 1.12 bits per heavy atom. The number of hydrogen-bond donors (Lipinski definition) is 2. The maximum atomic E-state index is 13.4. The molecule has 0 saturated heterocycles. The van der Waals surface area contributed by atoms with Crippen LogP contribution in [0.4, 0.5) is 14.5 Å². The van der Waals surface area contributed by atoms with Crippen LogP contribution < -0.4 is 5.14 Å². The fourth-order valence-electron chi connectivity index (χ4n) is 2.35. The third kappa shape index (κ3) is 3.06. The Hall–Kier alpha value is -2.91. The van der Waals surface area contributed by atoms with Crippen molar-refractivity contribution in [2.45, 2.75) is 4.90 Å². The van der Waals surface area contributed by atoms with Gasteiger partial charge in [0.05, 0.1) is 28.7 Å². The number of nitrogens with one attached hydrogen (secondary N) is 1. The van der Waals surface area contributed by atoms with Gasteiger partial charge in [-0.2, -0.15) is 5.10 Å². The summed E-state index contributed by atoms with van der Waals surface area (Å²) in [6, 6.07) is 7.31. The summed E-state index contributed by atoms with van der Waals surface area (Å²) < 4.78 is 32.4. The average Bonchev–Trinajstić information content (AvgIpc) is 3.23. The largest absolute Gasteiger partial charge is 0.344 e. The van der Waals surface area contributed by atoms with Gasteiger partial charge in [-0.25, -0.2) is 22.8 Å². The topological polar surface area (TPSA) is 84.9 Å². The van der Waals surface area contributed by atoms with Crippen LogP contribution in [-0.4, -0.2) is 19.7 Å². The minimum absolute atomic E-state index is 0.315. The van der Waals surface area contributed by atoms with Crippen LogP contribution in [0.15, 0.2) is 64.4 Å². The monoisotopic (exact) mass is 358 g/mol. The first-order chi connectivity index (χ1) is 12.1. The molecule has 0 saturated carbocycles. The lowest BCUT2D eigenvalue weighted by Gasteiger charge is -2.00. The van der Waals surface area contributed by atoms with E-state index >= 15 is 0 Å². The van der Waals surface area contributed by atoms with Crippen LogP contribution in [0, 0.1) is 11.6 Å². The number of benzene rings is 1. The van der Waals surface area contributed by atoms with Gasteiger partial charge in [-0.05, 0) is 30.3 Å². The van der Waals surface area contributed by atoms with Crippen LogP contribution in [-0.2, 0) is 10.9 Å². The molecule has 0 fully saturated rings. The minimum atomic E-state index is -0.985. The number of hydrogen-bond acceptors (Lipinski definition) is 3. The molecule has 0 aliphatic rings. The second-order valence-electron chi connectivity index (χ2n) is 5.23. The fourth-order valence-corrected chi connectivity index (χ4v) is 3.18. The van der Waals surface area contributed by atoms with E-state index in [9.17, 15) is 8.78 Å². The SMILES string of the molecule is NS(=Nc1c[nH]c2ncc(F)cc12)c1cnn(-c2ccc(F)cc2)c1. The average molecular weight is 358 g/mol. The van der Waals surface area contributed by atoms with Crippen LogP contribution in [0.2, 0.25) is 0 Å². The molecular weight excluding hydrogens is 346 g/mol. The quantitative estimate of drug-likeness (QED) is 0.589. The lowest BCUT2D eigenvalue weighted by molar-refractivity contribution is 0.624. The van der Waals surface area contributed by atoms with E-state index < -0.39 is 16.7 Å². The summed E-state index contributed by atoms with van der Waals surface area (Å²) in [6.45, 7) is 0. The van der Waals surface area contributed by atoms with Crippen molar-refractivity contribution < 1.29 is 8.78 Å². The smallest absolute Gasteiger partial charge is 0.142 e. The van der Waals surface area contributed by atoms with E-state index in [1.165, 1.54) is 18.2 Å². The number of halogens is 2. The van der Waals surface area contributed by atoms with Crippen LogP contribution >= 0.6 is 0 Å². The molecule has 1 unspecified atom stereocenters. The van der Waals surface area contributed by atoms with E-state index in [1.54, 1.807) is 35.4 Å². The number of aromatic amines is 1. The van der Waals surface area contributed by atoms with Crippen molar-refractivity contribution in [3.8, 4) is 5.69 Å². The molecule has 0 aliphatic carbocycles. The van der Waals surface area contributed by atoms with Gasteiger partial charge < -0.3 is 4.98 Å². The Balaban J connectivity index is 1.68. The van der Waals surface area contributed by atoms with Gasteiger partial charge in [-0.3, -0.25) is 5.14 Å². The molecule has 0 bridgehead atoms. The first kappa shape index (κ1) is 15.6. The molecule has 0 radical (unpaired) electrons. The van der Waals surface area contributed by atoms with Gasteiger partial charge in [0, 0.05) is 28.7 Å². The van der Waals surface area contributed by atoms with Gasteiger partial charge in [0.25, 0.3) is 0 Å². The number of nitrogens with two attached hydrogens (primary N) is 1. The van der Waals surface area contributed by atoms with Gasteiger partial charge in [0.2, 0.25) is 0 Å². The van der Waals surface area contributed by atoms with Gasteiger partial charge in [-0.1, -0.05) is 0 Å². The van der Waals surface area contributed by atoms with Crippen molar-refractivity contribution >= 4 is 27.6 Å². The molecule has 3 aromatic heterocycles. The summed E-state index contributed by atoms with van der Waals surface area (Å²) in [5.74, 6) is -0.755. The Bertz CT molecular complexity index is 1080. The van der Waals surface area contributed by atoms with Crippen molar-refractivity contribution in [1.82, 2.24) is 19.7 Å². The van der Waals surface area contributed by atoms with Crippen LogP contribution in [0.1, 0.15) is 0 Å². The highest BCUT2D eigenvalue weighted by molar-refractivity contribution is 7.85. The summed E-state index contributed by atoms with van der Waals surface area (Å²) >= 11 is 0. The predicted molar refractivity (Wildman–Crippen MR) is 91.5 cm³/mol. The zero-order valence-corrected chi connectivity index (χ0v) is 13.5. The van der Waals surface area contributed by atoms with Crippen molar-refractivity contribution in [2.24, 2.45) is 9.50 Å². The molecule has 4 rings (SSSR count). The third-order valence-corrected chi connectivity index (χ3v) is 4.65. The first-order valence-electron chi connectivity index (χ1n) is 7.24. The molecule has 4 aromatic rings. The van der Waals surface area contributed by atoms with E-state index in [-0.39, 0.29) is 5.82 Å². The molecule has 0 aliphatic heterocycles.